The maximum Gasteiger partial charge on any atom is 0.0457 e. The van der Waals surface area contributed by atoms with Crippen LogP contribution in [0, 0.1) is 0 Å². The van der Waals surface area contributed by atoms with Crippen LogP contribution in [0.5, 0.6) is 0 Å². The minimum absolute atomic E-state index is 0.490. The third kappa shape index (κ3) is 3.08. The van der Waals surface area contributed by atoms with Gasteiger partial charge in [-0.3, -0.25) is 0 Å². The molecule has 3 nitrogen and oxygen atoms in total. The van der Waals surface area contributed by atoms with Crippen molar-refractivity contribution in [1.29, 1.82) is 0 Å². The molecule has 1 aromatic carbocycles. The van der Waals surface area contributed by atoms with Gasteiger partial charge in [-0.15, -0.1) is 0 Å². The first-order valence-corrected chi connectivity index (χ1v) is 6.30. The largest absolute Gasteiger partial charge is 0.361 e. The predicted molar refractivity (Wildman–Crippen MR) is 73.1 cm³/mol. The number of aromatic nitrogens is 1. The molecular weight excluding hydrogens is 210 g/mol. The van der Waals surface area contributed by atoms with Crippen molar-refractivity contribution < 1.29 is 0 Å². The smallest absolute Gasteiger partial charge is 0.0457 e. The summed E-state index contributed by atoms with van der Waals surface area (Å²) in [7, 11) is 0. The van der Waals surface area contributed by atoms with E-state index in [1.807, 2.05) is 6.20 Å². The molecule has 92 valence electrons. The molecule has 0 aliphatic heterocycles. The van der Waals surface area contributed by atoms with Crippen LogP contribution in [0.25, 0.3) is 10.9 Å². The lowest BCUT2D eigenvalue weighted by Crippen LogP contribution is -2.35. The first-order valence-electron chi connectivity index (χ1n) is 6.30. The van der Waals surface area contributed by atoms with Gasteiger partial charge in [-0.2, -0.15) is 0 Å². The fourth-order valence-electron chi connectivity index (χ4n) is 2.02. The van der Waals surface area contributed by atoms with E-state index in [0.717, 1.165) is 19.6 Å². The average Bonchev–Trinajstić information content (AvgIpc) is 2.82. The quantitative estimate of drug-likeness (QED) is 0.713. The van der Waals surface area contributed by atoms with Gasteiger partial charge in [0, 0.05) is 36.2 Å². The lowest BCUT2D eigenvalue weighted by molar-refractivity contribution is 0.510. The molecule has 0 aliphatic rings. The Morgan fingerprint density at radius 3 is 3.00 bits per heavy atom. The highest BCUT2D eigenvalue weighted by atomic mass is 15.0. The molecule has 3 N–H and O–H groups in total. The van der Waals surface area contributed by atoms with E-state index >= 15 is 0 Å². The van der Waals surface area contributed by atoms with Crippen LogP contribution < -0.4 is 10.6 Å². The fourth-order valence-corrected chi connectivity index (χ4v) is 2.02. The number of hydrogen-bond acceptors (Lipinski definition) is 2. The first-order chi connectivity index (χ1) is 8.31. The van der Waals surface area contributed by atoms with Crippen molar-refractivity contribution in [2.45, 2.75) is 26.4 Å². The molecule has 2 rings (SSSR count). The molecule has 0 saturated carbocycles. The van der Waals surface area contributed by atoms with E-state index in [1.165, 1.54) is 16.5 Å². The molecule has 1 atom stereocenters. The van der Waals surface area contributed by atoms with E-state index in [1.54, 1.807) is 0 Å². The van der Waals surface area contributed by atoms with Gasteiger partial charge in [-0.1, -0.05) is 19.1 Å². The van der Waals surface area contributed by atoms with Crippen molar-refractivity contribution in [2.75, 3.05) is 13.1 Å². The molecular formula is C14H21N3. The van der Waals surface area contributed by atoms with Crippen molar-refractivity contribution in [3.63, 3.8) is 0 Å². The highest BCUT2D eigenvalue weighted by molar-refractivity contribution is 5.82. The van der Waals surface area contributed by atoms with E-state index < -0.39 is 0 Å². The summed E-state index contributed by atoms with van der Waals surface area (Å²) in [5.41, 5.74) is 2.57. The Hall–Kier alpha value is -1.32. The molecule has 0 aliphatic carbocycles. The summed E-state index contributed by atoms with van der Waals surface area (Å²) in [5, 5.41) is 8.20. The second-order valence-electron chi connectivity index (χ2n) is 4.45. The Morgan fingerprint density at radius 2 is 2.18 bits per heavy atom. The lowest BCUT2D eigenvalue weighted by atomic mass is 10.1. The van der Waals surface area contributed by atoms with E-state index in [0.29, 0.717) is 6.04 Å². The van der Waals surface area contributed by atoms with E-state index in [9.17, 15) is 0 Å². The van der Waals surface area contributed by atoms with Gasteiger partial charge in [0.2, 0.25) is 0 Å². The normalized spacial score (nSPS) is 13.1. The lowest BCUT2D eigenvalue weighted by Gasteiger charge is -2.14. The number of fused-ring (bicyclic) bond motifs is 1. The van der Waals surface area contributed by atoms with Gasteiger partial charge < -0.3 is 15.6 Å². The summed E-state index contributed by atoms with van der Waals surface area (Å²) in [6.45, 7) is 7.30. The van der Waals surface area contributed by atoms with Crippen molar-refractivity contribution in [3.8, 4) is 0 Å². The molecule has 0 fully saturated rings. The minimum atomic E-state index is 0.490. The number of nitrogens with one attached hydrogen (secondary N) is 3. The molecule has 0 amide bonds. The summed E-state index contributed by atoms with van der Waals surface area (Å²) in [4.78, 5) is 3.24. The third-order valence-corrected chi connectivity index (χ3v) is 3.03. The van der Waals surface area contributed by atoms with Gasteiger partial charge in [-0.05, 0) is 31.2 Å². The summed E-state index contributed by atoms with van der Waals surface area (Å²) < 4.78 is 0. The predicted octanol–water partition coefficient (Wildman–Crippen LogP) is 2.26. The highest BCUT2D eigenvalue weighted by Gasteiger charge is 2.03. The molecule has 0 spiro atoms. The van der Waals surface area contributed by atoms with Crippen LogP contribution in [0.3, 0.4) is 0 Å². The molecule has 0 saturated heterocycles. The summed E-state index contributed by atoms with van der Waals surface area (Å²) >= 11 is 0. The molecule has 17 heavy (non-hydrogen) atoms. The number of aromatic amines is 1. The Morgan fingerprint density at radius 1 is 1.29 bits per heavy atom. The Labute approximate surface area is 103 Å². The van der Waals surface area contributed by atoms with Crippen molar-refractivity contribution in [3.05, 3.63) is 36.0 Å². The number of likely N-dealkylation sites (N-methyl/N-ethyl adjacent to an activating group) is 1. The summed E-state index contributed by atoms with van der Waals surface area (Å²) in [5.74, 6) is 0. The number of benzene rings is 1. The third-order valence-electron chi connectivity index (χ3n) is 3.03. The minimum Gasteiger partial charge on any atom is -0.361 e. The van der Waals surface area contributed by atoms with Gasteiger partial charge in [0.25, 0.3) is 0 Å². The average molecular weight is 231 g/mol. The summed E-state index contributed by atoms with van der Waals surface area (Å²) in [6.07, 6.45) is 2.00. The van der Waals surface area contributed by atoms with E-state index in [4.69, 9.17) is 0 Å². The van der Waals surface area contributed by atoms with Crippen LogP contribution in [0.4, 0.5) is 0 Å². The van der Waals surface area contributed by atoms with E-state index in [2.05, 4.69) is 53.7 Å². The Bertz CT molecular complexity index is 461. The maximum absolute atomic E-state index is 3.54. The zero-order valence-corrected chi connectivity index (χ0v) is 10.6. The van der Waals surface area contributed by atoms with Gasteiger partial charge in [0.15, 0.2) is 0 Å². The van der Waals surface area contributed by atoms with Crippen LogP contribution in [0.15, 0.2) is 30.5 Å². The zero-order valence-electron chi connectivity index (χ0n) is 10.6. The second kappa shape index (κ2) is 5.84. The second-order valence-corrected chi connectivity index (χ2v) is 4.45. The van der Waals surface area contributed by atoms with Crippen LogP contribution in [-0.2, 0) is 6.54 Å². The number of rotatable bonds is 6. The number of H-pyrrole nitrogens is 1. The molecule has 1 heterocycles. The van der Waals surface area contributed by atoms with Gasteiger partial charge in [0.05, 0.1) is 0 Å². The van der Waals surface area contributed by atoms with Crippen molar-refractivity contribution >= 4 is 10.9 Å². The highest BCUT2D eigenvalue weighted by Crippen LogP contribution is 2.17. The van der Waals surface area contributed by atoms with Crippen molar-refractivity contribution in [2.24, 2.45) is 0 Å². The topological polar surface area (TPSA) is 39.8 Å². The molecule has 1 aromatic heterocycles. The van der Waals surface area contributed by atoms with Crippen LogP contribution >= 0.6 is 0 Å². The summed E-state index contributed by atoms with van der Waals surface area (Å²) in [6, 6.07) is 9.03. The van der Waals surface area contributed by atoms with Crippen LogP contribution in [0.1, 0.15) is 19.4 Å². The monoisotopic (exact) mass is 231 g/mol. The Balaban J connectivity index is 1.96. The Kier molecular flexibility index (Phi) is 4.18. The van der Waals surface area contributed by atoms with Gasteiger partial charge in [-0.25, -0.2) is 0 Å². The molecule has 0 radical (unpaired) electrons. The standard InChI is InChI=1S/C14H21N3/c1-3-15-9-11(2)17-10-12-5-4-6-14-13(12)7-8-16-14/h4-8,11,15-17H,3,9-10H2,1-2H3. The van der Waals surface area contributed by atoms with E-state index in [-0.39, 0.29) is 0 Å². The molecule has 0 bridgehead atoms. The van der Waals surface area contributed by atoms with Gasteiger partial charge >= 0.3 is 0 Å². The zero-order chi connectivity index (χ0) is 12.1. The van der Waals surface area contributed by atoms with Crippen molar-refractivity contribution in [1.82, 2.24) is 15.6 Å². The number of hydrogen-bond donors (Lipinski definition) is 3. The first kappa shape index (κ1) is 12.1. The SMILES string of the molecule is CCNCC(C)NCc1cccc2[nH]ccc12. The van der Waals surface area contributed by atoms with Gasteiger partial charge in [0.1, 0.15) is 0 Å². The fraction of sp³-hybridized carbons (Fsp3) is 0.429. The van der Waals surface area contributed by atoms with Crippen LogP contribution in [-0.4, -0.2) is 24.1 Å². The van der Waals surface area contributed by atoms with Crippen LogP contribution in [0.2, 0.25) is 0 Å². The molecule has 2 aromatic rings. The molecule has 1 unspecified atom stereocenters. The maximum atomic E-state index is 3.54. The molecule has 3 heteroatoms.